The zero-order chi connectivity index (χ0) is 14.1. The Morgan fingerprint density at radius 2 is 1.86 bits per heavy atom. The lowest BCUT2D eigenvalue weighted by Gasteiger charge is -2.22. The quantitative estimate of drug-likeness (QED) is 0.819. The predicted octanol–water partition coefficient (Wildman–Crippen LogP) is 3.25. The fraction of sp³-hybridized carbons (Fsp3) is 0.562. The summed E-state index contributed by atoms with van der Waals surface area (Å²) in [5.41, 5.74) is 1.90. The van der Waals surface area contributed by atoms with Gasteiger partial charge in [-0.2, -0.15) is 0 Å². The van der Waals surface area contributed by atoms with Crippen LogP contribution >= 0.6 is 28.3 Å². The molecule has 116 valence electrons. The molecule has 3 rings (SSSR count). The SMILES string of the molecule is Cc1cc(Br)ccc1C(=O)N1CC[C@@H]2CNC[C@@H]2CC1.Cl. The summed E-state index contributed by atoms with van der Waals surface area (Å²) in [6, 6.07) is 5.91. The summed E-state index contributed by atoms with van der Waals surface area (Å²) in [6.45, 7) is 6.07. The Labute approximate surface area is 141 Å². The number of carbonyl (C=O) groups is 1. The molecule has 0 spiro atoms. The number of fused-ring (bicyclic) bond motifs is 1. The van der Waals surface area contributed by atoms with Crippen LogP contribution in [0.2, 0.25) is 0 Å². The van der Waals surface area contributed by atoms with Crippen LogP contribution in [-0.2, 0) is 0 Å². The van der Waals surface area contributed by atoms with Gasteiger partial charge in [0.1, 0.15) is 0 Å². The summed E-state index contributed by atoms with van der Waals surface area (Å²) in [6.07, 6.45) is 2.28. The van der Waals surface area contributed by atoms with Gasteiger partial charge in [0.15, 0.2) is 0 Å². The minimum atomic E-state index is 0. The van der Waals surface area contributed by atoms with Crippen molar-refractivity contribution < 1.29 is 4.79 Å². The fourth-order valence-electron chi connectivity index (χ4n) is 3.46. The van der Waals surface area contributed by atoms with E-state index in [1.807, 2.05) is 25.1 Å². The van der Waals surface area contributed by atoms with Crippen molar-refractivity contribution in [1.29, 1.82) is 0 Å². The summed E-state index contributed by atoms with van der Waals surface area (Å²) >= 11 is 3.45. The van der Waals surface area contributed by atoms with Gasteiger partial charge in [-0.15, -0.1) is 12.4 Å². The average molecular weight is 374 g/mol. The molecule has 3 nitrogen and oxygen atoms in total. The summed E-state index contributed by atoms with van der Waals surface area (Å²) in [4.78, 5) is 14.7. The first-order valence-electron chi connectivity index (χ1n) is 7.41. The Morgan fingerprint density at radius 1 is 1.24 bits per heavy atom. The summed E-state index contributed by atoms with van der Waals surface area (Å²) < 4.78 is 1.03. The standard InChI is InChI=1S/C16H21BrN2O.ClH/c1-11-8-14(17)2-3-15(11)16(20)19-6-4-12-9-18-10-13(12)5-7-19;/h2-3,8,12-13,18H,4-7,9-10H2,1H3;1H/t12-,13+;. The zero-order valence-corrected chi connectivity index (χ0v) is 14.7. The second kappa shape index (κ2) is 7.12. The largest absolute Gasteiger partial charge is 0.339 e. The van der Waals surface area contributed by atoms with Crippen LogP contribution in [0.5, 0.6) is 0 Å². The second-order valence-corrected chi connectivity index (χ2v) is 6.92. The van der Waals surface area contributed by atoms with Crippen LogP contribution in [0.25, 0.3) is 0 Å². The maximum Gasteiger partial charge on any atom is 0.254 e. The van der Waals surface area contributed by atoms with Gasteiger partial charge in [0.25, 0.3) is 5.91 Å². The molecule has 2 aliphatic rings. The highest BCUT2D eigenvalue weighted by Gasteiger charge is 2.31. The summed E-state index contributed by atoms with van der Waals surface area (Å²) in [7, 11) is 0. The van der Waals surface area contributed by atoms with Crippen molar-refractivity contribution >= 4 is 34.2 Å². The molecular weight excluding hydrogens is 352 g/mol. The molecule has 2 fully saturated rings. The number of nitrogens with zero attached hydrogens (tertiary/aromatic N) is 1. The van der Waals surface area contributed by atoms with Crippen LogP contribution in [0.4, 0.5) is 0 Å². The van der Waals surface area contributed by atoms with E-state index in [1.165, 1.54) is 0 Å². The predicted molar refractivity (Wildman–Crippen MR) is 91.1 cm³/mol. The van der Waals surface area contributed by atoms with Crippen molar-refractivity contribution in [2.75, 3.05) is 26.2 Å². The lowest BCUT2D eigenvalue weighted by Crippen LogP contribution is -2.33. The normalized spacial score (nSPS) is 25.0. The van der Waals surface area contributed by atoms with Crippen LogP contribution < -0.4 is 5.32 Å². The lowest BCUT2D eigenvalue weighted by molar-refractivity contribution is 0.0758. The monoisotopic (exact) mass is 372 g/mol. The van der Waals surface area contributed by atoms with E-state index in [0.717, 1.165) is 66.5 Å². The van der Waals surface area contributed by atoms with Gasteiger partial charge in [0.2, 0.25) is 0 Å². The third kappa shape index (κ3) is 3.61. The maximum absolute atomic E-state index is 12.7. The molecule has 0 aromatic heterocycles. The van der Waals surface area contributed by atoms with Gasteiger partial charge in [-0.25, -0.2) is 0 Å². The number of hydrogen-bond donors (Lipinski definition) is 1. The van der Waals surface area contributed by atoms with E-state index in [4.69, 9.17) is 0 Å². The average Bonchev–Trinajstić information content (AvgIpc) is 2.77. The van der Waals surface area contributed by atoms with E-state index in [0.29, 0.717) is 0 Å². The van der Waals surface area contributed by atoms with Crippen LogP contribution in [0.1, 0.15) is 28.8 Å². The van der Waals surface area contributed by atoms with Crippen molar-refractivity contribution in [3.63, 3.8) is 0 Å². The molecule has 1 amide bonds. The molecule has 0 unspecified atom stereocenters. The molecule has 0 radical (unpaired) electrons. The minimum absolute atomic E-state index is 0. The Hall–Kier alpha value is -0.580. The molecule has 1 aromatic rings. The highest BCUT2D eigenvalue weighted by Crippen LogP contribution is 2.28. The summed E-state index contributed by atoms with van der Waals surface area (Å²) in [5.74, 6) is 1.72. The van der Waals surface area contributed by atoms with Gasteiger partial charge in [-0.3, -0.25) is 4.79 Å². The Bertz CT molecular complexity index is 509. The van der Waals surface area contributed by atoms with Crippen molar-refractivity contribution in [2.24, 2.45) is 11.8 Å². The third-order valence-electron chi connectivity index (χ3n) is 4.73. The first-order chi connectivity index (χ1) is 9.65. The van der Waals surface area contributed by atoms with Crippen LogP contribution in [-0.4, -0.2) is 37.0 Å². The van der Waals surface area contributed by atoms with Crippen LogP contribution in [0.3, 0.4) is 0 Å². The van der Waals surface area contributed by atoms with Crippen molar-refractivity contribution in [2.45, 2.75) is 19.8 Å². The van der Waals surface area contributed by atoms with Crippen LogP contribution in [0.15, 0.2) is 22.7 Å². The molecule has 21 heavy (non-hydrogen) atoms. The van der Waals surface area contributed by atoms with Gasteiger partial charge in [-0.05, 0) is 68.5 Å². The topological polar surface area (TPSA) is 32.3 Å². The van der Waals surface area contributed by atoms with E-state index < -0.39 is 0 Å². The number of amides is 1. The van der Waals surface area contributed by atoms with Gasteiger partial charge < -0.3 is 10.2 Å². The first-order valence-corrected chi connectivity index (χ1v) is 8.20. The molecule has 1 N–H and O–H groups in total. The van der Waals surface area contributed by atoms with Crippen molar-refractivity contribution in [3.05, 3.63) is 33.8 Å². The molecule has 2 saturated heterocycles. The molecule has 1 aromatic carbocycles. The number of likely N-dealkylation sites (tertiary alicyclic amines) is 1. The Morgan fingerprint density at radius 3 is 2.43 bits per heavy atom. The molecular formula is C16H22BrClN2O. The number of rotatable bonds is 1. The molecule has 5 heteroatoms. The highest BCUT2D eigenvalue weighted by atomic mass is 79.9. The number of hydrogen-bond acceptors (Lipinski definition) is 2. The van der Waals surface area contributed by atoms with Gasteiger partial charge in [0.05, 0.1) is 0 Å². The number of halogens is 2. The van der Waals surface area contributed by atoms with Crippen molar-refractivity contribution in [1.82, 2.24) is 10.2 Å². The van der Waals surface area contributed by atoms with E-state index in [2.05, 4.69) is 26.1 Å². The number of nitrogens with one attached hydrogen (secondary N) is 1. The number of carbonyl (C=O) groups excluding carboxylic acids is 1. The first kappa shape index (κ1) is 16.8. The third-order valence-corrected chi connectivity index (χ3v) is 5.22. The van der Waals surface area contributed by atoms with E-state index in [-0.39, 0.29) is 18.3 Å². The van der Waals surface area contributed by atoms with Gasteiger partial charge in [-0.1, -0.05) is 15.9 Å². The molecule has 0 bridgehead atoms. The van der Waals surface area contributed by atoms with Crippen LogP contribution in [0, 0.1) is 18.8 Å². The minimum Gasteiger partial charge on any atom is -0.339 e. The molecule has 0 saturated carbocycles. The Balaban J connectivity index is 0.00000161. The number of aryl methyl sites for hydroxylation is 1. The lowest BCUT2D eigenvalue weighted by atomic mass is 9.92. The van der Waals surface area contributed by atoms with E-state index in [9.17, 15) is 4.79 Å². The Kier molecular flexibility index (Phi) is 5.69. The smallest absolute Gasteiger partial charge is 0.254 e. The zero-order valence-electron chi connectivity index (χ0n) is 12.3. The maximum atomic E-state index is 12.7. The fourth-order valence-corrected chi connectivity index (χ4v) is 3.93. The second-order valence-electron chi connectivity index (χ2n) is 6.01. The molecule has 2 aliphatic heterocycles. The highest BCUT2D eigenvalue weighted by molar-refractivity contribution is 9.10. The van der Waals surface area contributed by atoms with E-state index in [1.54, 1.807) is 0 Å². The van der Waals surface area contributed by atoms with E-state index >= 15 is 0 Å². The summed E-state index contributed by atoms with van der Waals surface area (Å²) in [5, 5.41) is 3.47. The van der Waals surface area contributed by atoms with Crippen molar-refractivity contribution in [3.8, 4) is 0 Å². The molecule has 0 aliphatic carbocycles. The molecule has 2 heterocycles. The number of benzene rings is 1. The van der Waals surface area contributed by atoms with Gasteiger partial charge >= 0.3 is 0 Å². The molecule has 2 atom stereocenters. The van der Waals surface area contributed by atoms with Gasteiger partial charge in [0, 0.05) is 23.1 Å².